The molecule has 128 valence electrons. The Hall–Kier alpha value is -2.13. The number of nitrogens with two attached hydrogens (primary N) is 1. The number of aromatic nitrogens is 3. The minimum Gasteiger partial charge on any atom is -0.378 e. The molecule has 0 spiro atoms. The van der Waals surface area contributed by atoms with Gasteiger partial charge in [-0.15, -0.1) is 10.2 Å². The molecule has 9 heteroatoms. The van der Waals surface area contributed by atoms with Crippen LogP contribution in [0.3, 0.4) is 0 Å². The van der Waals surface area contributed by atoms with Crippen molar-refractivity contribution in [1.29, 1.82) is 0 Å². The Balaban J connectivity index is 2.02. The van der Waals surface area contributed by atoms with Gasteiger partial charge < -0.3 is 15.4 Å². The van der Waals surface area contributed by atoms with Crippen LogP contribution < -0.4 is 10.6 Å². The molecule has 2 heterocycles. The molecule has 1 aliphatic rings. The summed E-state index contributed by atoms with van der Waals surface area (Å²) in [5.41, 5.74) is 5.94. The topological polar surface area (TPSA) is 86.3 Å². The largest absolute Gasteiger partial charge is 0.378 e. The van der Waals surface area contributed by atoms with Crippen LogP contribution in [0.5, 0.6) is 0 Å². The maximum absolute atomic E-state index is 13.7. The Morgan fingerprint density at radius 2 is 2.12 bits per heavy atom. The zero-order valence-electron chi connectivity index (χ0n) is 13.2. The van der Waals surface area contributed by atoms with E-state index < -0.39 is 11.2 Å². The number of rotatable bonds is 5. The van der Waals surface area contributed by atoms with Crippen molar-refractivity contribution in [3.05, 3.63) is 30.1 Å². The second kappa shape index (κ2) is 7.18. The first-order valence-corrected chi connectivity index (χ1v) is 8.44. The number of primary amides is 1. The smallest absolute Gasteiger partial charge is 0.232 e. The Labute approximate surface area is 143 Å². The molecular weight excluding hydrogens is 333 g/mol. The standard InChI is InChI=1S/C15H18FN5O2S/c1-10(13(17)22)24-15-19-18-14(20-5-7-23-8-6-20)21(15)12-4-2-3-11(16)9-12/h2-4,9-10H,5-8H2,1H3,(H2,17,22). The maximum Gasteiger partial charge on any atom is 0.232 e. The van der Waals surface area contributed by atoms with E-state index in [0.29, 0.717) is 43.1 Å². The summed E-state index contributed by atoms with van der Waals surface area (Å²) in [5.74, 6) is -0.196. The van der Waals surface area contributed by atoms with Crippen molar-refractivity contribution in [2.45, 2.75) is 17.3 Å². The van der Waals surface area contributed by atoms with Gasteiger partial charge in [0, 0.05) is 13.1 Å². The fourth-order valence-corrected chi connectivity index (χ4v) is 3.18. The van der Waals surface area contributed by atoms with Crippen LogP contribution in [0.15, 0.2) is 29.4 Å². The summed E-state index contributed by atoms with van der Waals surface area (Å²) in [6.07, 6.45) is 0. The van der Waals surface area contributed by atoms with Gasteiger partial charge in [0.05, 0.1) is 24.2 Å². The molecule has 3 rings (SSSR count). The number of morpholine rings is 1. The zero-order valence-corrected chi connectivity index (χ0v) is 14.0. The zero-order chi connectivity index (χ0) is 17.1. The number of halogens is 1. The predicted molar refractivity (Wildman–Crippen MR) is 88.9 cm³/mol. The van der Waals surface area contributed by atoms with Crippen LogP contribution in [0.2, 0.25) is 0 Å². The van der Waals surface area contributed by atoms with Crippen LogP contribution >= 0.6 is 11.8 Å². The van der Waals surface area contributed by atoms with E-state index in [0.717, 1.165) is 0 Å². The lowest BCUT2D eigenvalue weighted by molar-refractivity contribution is -0.117. The molecule has 0 bridgehead atoms. The van der Waals surface area contributed by atoms with E-state index in [-0.39, 0.29) is 5.82 Å². The van der Waals surface area contributed by atoms with Gasteiger partial charge in [0.15, 0.2) is 5.16 Å². The van der Waals surface area contributed by atoms with Crippen LogP contribution in [-0.4, -0.2) is 52.2 Å². The number of hydrogen-bond donors (Lipinski definition) is 1. The van der Waals surface area contributed by atoms with E-state index in [1.165, 1.54) is 23.9 Å². The first-order chi connectivity index (χ1) is 11.6. The van der Waals surface area contributed by atoms with E-state index >= 15 is 0 Å². The summed E-state index contributed by atoms with van der Waals surface area (Å²) in [5, 5.41) is 8.45. The van der Waals surface area contributed by atoms with Crippen molar-refractivity contribution in [3.8, 4) is 5.69 Å². The highest BCUT2D eigenvalue weighted by molar-refractivity contribution is 8.00. The van der Waals surface area contributed by atoms with Crippen LogP contribution in [0.4, 0.5) is 10.3 Å². The molecule has 1 amide bonds. The lowest BCUT2D eigenvalue weighted by atomic mass is 10.3. The van der Waals surface area contributed by atoms with Crippen molar-refractivity contribution < 1.29 is 13.9 Å². The number of carbonyl (C=O) groups is 1. The lowest BCUT2D eigenvalue weighted by Gasteiger charge is -2.28. The first-order valence-electron chi connectivity index (χ1n) is 7.56. The first kappa shape index (κ1) is 16.7. The van der Waals surface area contributed by atoms with Crippen LogP contribution in [0.25, 0.3) is 5.69 Å². The Kier molecular flexibility index (Phi) is 5.00. The van der Waals surface area contributed by atoms with Crippen molar-refractivity contribution in [3.63, 3.8) is 0 Å². The second-order valence-corrected chi connectivity index (χ2v) is 6.67. The predicted octanol–water partition coefficient (Wildman–Crippen LogP) is 1.21. The Morgan fingerprint density at radius 3 is 2.79 bits per heavy atom. The van der Waals surface area contributed by atoms with Gasteiger partial charge >= 0.3 is 0 Å². The van der Waals surface area contributed by atoms with Crippen molar-refractivity contribution >= 4 is 23.6 Å². The van der Waals surface area contributed by atoms with E-state index in [1.54, 1.807) is 23.6 Å². The average molecular weight is 351 g/mol. The van der Waals surface area contributed by atoms with Crippen molar-refractivity contribution in [2.24, 2.45) is 5.73 Å². The van der Waals surface area contributed by atoms with E-state index in [9.17, 15) is 9.18 Å². The van der Waals surface area contributed by atoms with Crippen LogP contribution in [0, 0.1) is 5.82 Å². The molecule has 1 aromatic heterocycles. The molecule has 0 saturated carbocycles. The Bertz CT molecular complexity index is 732. The van der Waals surface area contributed by atoms with Crippen molar-refractivity contribution in [1.82, 2.24) is 14.8 Å². The van der Waals surface area contributed by atoms with Gasteiger partial charge in [-0.1, -0.05) is 17.8 Å². The maximum atomic E-state index is 13.7. The van der Waals surface area contributed by atoms with E-state index in [4.69, 9.17) is 10.5 Å². The molecule has 24 heavy (non-hydrogen) atoms. The summed E-state index contributed by atoms with van der Waals surface area (Å²) in [6.45, 7) is 4.23. The van der Waals surface area contributed by atoms with E-state index in [1.807, 2.05) is 4.90 Å². The average Bonchev–Trinajstić information content (AvgIpc) is 2.99. The highest BCUT2D eigenvalue weighted by Gasteiger charge is 2.24. The summed E-state index contributed by atoms with van der Waals surface area (Å²) in [6, 6.07) is 6.18. The summed E-state index contributed by atoms with van der Waals surface area (Å²) >= 11 is 1.20. The Morgan fingerprint density at radius 1 is 1.38 bits per heavy atom. The number of thioether (sulfide) groups is 1. The number of amides is 1. The molecule has 7 nitrogen and oxygen atoms in total. The summed E-state index contributed by atoms with van der Waals surface area (Å²) in [7, 11) is 0. The quantitative estimate of drug-likeness (QED) is 0.815. The molecule has 1 atom stereocenters. The van der Waals surface area contributed by atoms with Crippen molar-refractivity contribution in [2.75, 3.05) is 31.2 Å². The van der Waals surface area contributed by atoms with Gasteiger partial charge in [0.1, 0.15) is 5.82 Å². The SMILES string of the molecule is CC(Sc1nnc(N2CCOCC2)n1-c1cccc(F)c1)C(N)=O. The molecule has 0 aliphatic carbocycles. The normalized spacial score (nSPS) is 16.2. The number of hydrogen-bond acceptors (Lipinski definition) is 6. The third-order valence-corrected chi connectivity index (χ3v) is 4.72. The number of nitrogens with zero attached hydrogens (tertiary/aromatic N) is 4. The molecule has 1 aliphatic heterocycles. The third kappa shape index (κ3) is 3.51. The van der Waals surface area contributed by atoms with Gasteiger partial charge in [-0.25, -0.2) is 4.39 Å². The number of carbonyl (C=O) groups excluding carboxylic acids is 1. The number of ether oxygens (including phenoxy) is 1. The van der Waals surface area contributed by atoms with Crippen LogP contribution in [0.1, 0.15) is 6.92 Å². The molecule has 1 fully saturated rings. The third-order valence-electron chi connectivity index (χ3n) is 3.66. The number of anilines is 1. The molecule has 0 radical (unpaired) electrons. The van der Waals surface area contributed by atoms with Gasteiger partial charge in [-0.3, -0.25) is 9.36 Å². The van der Waals surface area contributed by atoms with Gasteiger partial charge in [0.25, 0.3) is 0 Å². The van der Waals surface area contributed by atoms with Crippen LogP contribution in [-0.2, 0) is 9.53 Å². The van der Waals surface area contributed by atoms with E-state index in [2.05, 4.69) is 10.2 Å². The molecule has 2 N–H and O–H groups in total. The number of benzene rings is 1. The molecular formula is C15H18FN5O2S. The lowest BCUT2D eigenvalue weighted by Crippen LogP contribution is -2.38. The second-order valence-electron chi connectivity index (χ2n) is 5.36. The van der Waals surface area contributed by atoms with Gasteiger partial charge in [-0.05, 0) is 25.1 Å². The fraction of sp³-hybridized carbons (Fsp3) is 0.400. The molecule has 2 aromatic rings. The highest BCUT2D eigenvalue weighted by atomic mass is 32.2. The highest BCUT2D eigenvalue weighted by Crippen LogP contribution is 2.29. The van der Waals surface area contributed by atoms with Gasteiger partial charge in [-0.2, -0.15) is 0 Å². The summed E-state index contributed by atoms with van der Waals surface area (Å²) in [4.78, 5) is 13.4. The molecule has 1 saturated heterocycles. The van der Waals surface area contributed by atoms with Gasteiger partial charge in [0.2, 0.25) is 11.9 Å². The summed E-state index contributed by atoms with van der Waals surface area (Å²) < 4.78 is 20.8. The molecule has 1 aromatic carbocycles. The monoisotopic (exact) mass is 351 g/mol. The fourth-order valence-electron chi connectivity index (χ4n) is 2.36. The molecule has 1 unspecified atom stereocenters. The minimum atomic E-state index is -0.473. The minimum absolute atomic E-state index is 0.354.